The van der Waals surface area contributed by atoms with Gasteiger partial charge in [0.25, 0.3) is 15.9 Å². The van der Waals surface area contributed by atoms with Crippen LogP contribution >= 0.6 is 11.3 Å². The lowest BCUT2D eigenvalue weighted by Gasteiger charge is -2.25. The molecule has 1 aliphatic rings. The summed E-state index contributed by atoms with van der Waals surface area (Å²) in [6, 6.07) is 4.46. The molecule has 25 heavy (non-hydrogen) atoms. The number of hydrazine groups is 1. The number of amides is 1. The van der Waals surface area contributed by atoms with Gasteiger partial charge in [-0.25, -0.2) is 17.8 Å². The number of hydrogen-bond donors (Lipinski definition) is 2. The van der Waals surface area contributed by atoms with Gasteiger partial charge in [0.05, 0.1) is 18.1 Å². The Bertz CT molecular complexity index is 865. The van der Waals surface area contributed by atoms with E-state index >= 15 is 0 Å². The van der Waals surface area contributed by atoms with E-state index in [0.29, 0.717) is 31.4 Å². The lowest BCUT2D eigenvalue weighted by atomic mass is 10.4. The minimum absolute atomic E-state index is 0.0911. The molecular weight excluding hydrogens is 371 g/mol. The van der Waals surface area contributed by atoms with E-state index in [1.807, 2.05) is 9.73 Å². The molecule has 1 saturated heterocycles. The predicted molar refractivity (Wildman–Crippen MR) is 89.3 cm³/mol. The van der Waals surface area contributed by atoms with Crippen LogP contribution in [-0.4, -0.2) is 45.6 Å². The normalized spacial score (nSPS) is 15.2. The topological polar surface area (TPSA) is 101 Å². The first kappa shape index (κ1) is 17.7. The SMILES string of the molecule is O=C(NNS(=O)(=O)c1cccc(F)c1)c1csc(N2CCOCC2)n1. The standard InChI is InChI=1S/C14H15FN4O4S2/c15-10-2-1-3-11(8-10)25(21,22)18-17-13(20)12-9-24-14(16-12)19-4-6-23-7-5-19/h1-3,8-9,18H,4-7H2,(H,17,20). The van der Waals surface area contributed by atoms with Crippen molar-refractivity contribution < 1.29 is 22.3 Å². The van der Waals surface area contributed by atoms with Gasteiger partial charge in [0.1, 0.15) is 11.5 Å². The summed E-state index contributed by atoms with van der Waals surface area (Å²) < 4.78 is 42.5. The number of nitrogens with zero attached hydrogens (tertiary/aromatic N) is 2. The average molecular weight is 386 g/mol. The molecule has 2 heterocycles. The number of thiazole rings is 1. The molecule has 134 valence electrons. The predicted octanol–water partition coefficient (Wildman–Crippen LogP) is 0.742. The highest BCUT2D eigenvalue weighted by molar-refractivity contribution is 7.89. The number of nitrogens with one attached hydrogen (secondary N) is 2. The van der Waals surface area contributed by atoms with Crippen molar-refractivity contribution in [2.24, 2.45) is 0 Å². The van der Waals surface area contributed by atoms with Crippen LogP contribution in [0.2, 0.25) is 0 Å². The molecule has 2 aromatic rings. The lowest BCUT2D eigenvalue weighted by molar-refractivity contribution is 0.0940. The van der Waals surface area contributed by atoms with Crippen molar-refractivity contribution in [3.63, 3.8) is 0 Å². The first-order valence-corrected chi connectivity index (χ1v) is 9.68. The summed E-state index contributed by atoms with van der Waals surface area (Å²) in [5.74, 6) is -1.39. The first-order chi connectivity index (χ1) is 12.0. The molecule has 0 bridgehead atoms. The highest BCUT2D eigenvalue weighted by Crippen LogP contribution is 2.21. The zero-order valence-corrected chi connectivity index (χ0v) is 14.6. The Balaban J connectivity index is 1.63. The fourth-order valence-electron chi connectivity index (χ4n) is 2.14. The summed E-state index contributed by atoms with van der Waals surface area (Å²) in [6.45, 7) is 2.55. The number of benzene rings is 1. The van der Waals surface area contributed by atoms with E-state index in [1.165, 1.54) is 28.8 Å². The molecule has 0 atom stereocenters. The summed E-state index contributed by atoms with van der Waals surface area (Å²) in [7, 11) is -4.07. The van der Waals surface area contributed by atoms with Gasteiger partial charge < -0.3 is 9.64 Å². The Morgan fingerprint density at radius 1 is 1.32 bits per heavy atom. The number of hydrogen-bond acceptors (Lipinski definition) is 7. The molecule has 1 aliphatic heterocycles. The van der Waals surface area contributed by atoms with E-state index in [0.717, 1.165) is 12.1 Å². The third-order valence-electron chi connectivity index (χ3n) is 3.41. The van der Waals surface area contributed by atoms with Gasteiger partial charge in [0.15, 0.2) is 5.13 Å². The minimum Gasteiger partial charge on any atom is -0.378 e. The summed E-state index contributed by atoms with van der Waals surface area (Å²) >= 11 is 1.29. The molecule has 11 heteroatoms. The number of halogens is 1. The number of anilines is 1. The Hall–Kier alpha value is -2.08. The van der Waals surface area contributed by atoms with Gasteiger partial charge in [-0.15, -0.1) is 16.2 Å². The van der Waals surface area contributed by atoms with Crippen molar-refractivity contribution in [1.82, 2.24) is 15.2 Å². The van der Waals surface area contributed by atoms with Crippen LogP contribution in [0.1, 0.15) is 10.5 Å². The maximum Gasteiger partial charge on any atom is 0.285 e. The van der Waals surface area contributed by atoms with Gasteiger partial charge in [0.2, 0.25) is 0 Å². The lowest BCUT2D eigenvalue weighted by Crippen LogP contribution is -2.41. The number of morpholine rings is 1. The maximum atomic E-state index is 13.1. The third kappa shape index (κ3) is 4.31. The Morgan fingerprint density at radius 2 is 2.08 bits per heavy atom. The van der Waals surface area contributed by atoms with E-state index < -0.39 is 21.7 Å². The Labute approximate surface area is 147 Å². The molecule has 1 aromatic carbocycles. The second-order valence-electron chi connectivity index (χ2n) is 5.13. The highest BCUT2D eigenvalue weighted by atomic mass is 32.2. The van der Waals surface area contributed by atoms with Crippen LogP contribution in [0.5, 0.6) is 0 Å². The Kier molecular flexibility index (Phi) is 5.27. The van der Waals surface area contributed by atoms with Crippen LogP contribution in [-0.2, 0) is 14.8 Å². The van der Waals surface area contributed by atoms with Gasteiger partial charge in [-0.05, 0) is 18.2 Å². The largest absolute Gasteiger partial charge is 0.378 e. The molecule has 1 fully saturated rings. The molecule has 8 nitrogen and oxygen atoms in total. The molecule has 2 N–H and O–H groups in total. The van der Waals surface area contributed by atoms with E-state index in [2.05, 4.69) is 10.4 Å². The second kappa shape index (κ2) is 7.44. The van der Waals surface area contributed by atoms with Crippen molar-refractivity contribution in [3.05, 3.63) is 41.2 Å². The number of aromatic nitrogens is 1. The van der Waals surface area contributed by atoms with E-state index in [9.17, 15) is 17.6 Å². The van der Waals surface area contributed by atoms with E-state index in [1.54, 1.807) is 0 Å². The van der Waals surface area contributed by atoms with Gasteiger partial charge >= 0.3 is 0 Å². The maximum absolute atomic E-state index is 13.1. The van der Waals surface area contributed by atoms with Crippen molar-refractivity contribution >= 4 is 32.4 Å². The van der Waals surface area contributed by atoms with E-state index in [4.69, 9.17) is 4.74 Å². The van der Waals surface area contributed by atoms with Gasteiger partial charge in [-0.2, -0.15) is 0 Å². The third-order valence-corrected chi connectivity index (χ3v) is 5.56. The number of ether oxygens (including phenoxy) is 1. The Morgan fingerprint density at radius 3 is 2.80 bits per heavy atom. The molecule has 1 aromatic heterocycles. The highest BCUT2D eigenvalue weighted by Gasteiger charge is 2.20. The van der Waals surface area contributed by atoms with Crippen molar-refractivity contribution in [3.8, 4) is 0 Å². The van der Waals surface area contributed by atoms with Crippen LogP contribution in [0.3, 0.4) is 0 Å². The summed E-state index contributed by atoms with van der Waals surface area (Å²) in [5, 5.41) is 2.21. The van der Waals surface area contributed by atoms with Crippen LogP contribution in [0.4, 0.5) is 9.52 Å². The molecule has 1 amide bonds. The monoisotopic (exact) mass is 386 g/mol. The van der Waals surface area contributed by atoms with Crippen LogP contribution < -0.4 is 15.2 Å². The summed E-state index contributed by atoms with van der Waals surface area (Å²) in [5.41, 5.74) is 2.17. The van der Waals surface area contributed by atoms with E-state index in [-0.39, 0.29) is 10.6 Å². The van der Waals surface area contributed by atoms with Crippen molar-refractivity contribution in [2.45, 2.75) is 4.90 Å². The van der Waals surface area contributed by atoms with Gasteiger partial charge in [0, 0.05) is 18.5 Å². The number of carbonyl (C=O) groups is 1. The summed E-state index contributed by atoms with van der Waals surface area (Å²) in [4.78, 5) is 19.9. The molecule has 0 aliphatic carbocycles. The summed E-state index contributed by atoms with van der Waals surface area (Å²) in [6.07, 6.45) is 0. The quantitative estimate of drug-likeness (QED) is 0.736. The number of rotatable bonds is 5. The fourth-order valence-corrected chi connectivity index (χ4v) is 3.87. The first-order valence-electron chi connectivity index (χ1n) is 7.32. The second-order valence-corrected chi connectivity index (χ2v) is 7.65. The number of carbonyl (C=O) groups excluding carboxylic acids is 1. The van der Waals surface area contributed by atoms with Crippen LogP contribution in [0.25, 0.3) is 0 Å². The van der Waals surface area contributed by atoms with Crippen LogP contribution in [0.15, 0.2) is 34.5 Å². The zero-order chi connectivity index (χ0) is 17.9. The average Bonchev–Trinajstić information content (AvgIpc) is 3.11. The van der Waals surface area contributed by atoms with Gasteiger partial charge in [-0.3, -0.25) is 10.2 Å². The van der Waals surface area contributed by atoms with Crippen molar-refractivity contribution in [1.29, 1.82) is 0 Å². The molecular formula is C14H15FN4O4S2. The molecule has 0 unspecified atom stereocenters. The van der Waals surface area contributed by atoms with Crippen LogP contribution in [0, 0.1) is 5.82 Å². The fraction of sp³-hybridized carbons (Fsp3) is 0.286. The molecule has 0 radical (unpaired) electrons. The molecule has 0 saturated carbocycles. The number of sulfonamides is 1. The minimum atomic E-state index is -4.07. The molecule has 0 spiro atoms. The zero-order valence-electron chi connectivity index (χ0n) is 12.9. The van der Waals surface area contributed by atoms with Gasteiger partial charge in [-0.1, -0.05) is 6.07 Å². The smallest absolute Gasteiger partial charge is 0.285 e. The molecule has 3 rings (SSSR count). The van der Waals surface area contributed by atoms with Crippen molar-refractivity contribution in [2.75, 3.05) is 31.2 Å².